The number of benzene rings is 1. The highest BCUT2D eigenvalue weighted by molar-refractivity contribution is 5.96. The molecule has 7 heteroatoms. The second-order valence-corrected chi connectivity index (χ2v) is 4.67. The molecule has 0 unspecified atom stereocenters. The smallest absolute Gasteiger partial charge is 0.335 e. The standard InChI is InChI=1S/C15H20N2O5/c18-10-2-1-8-16-13(19)7-9-17-14(20)11-3-5-12(6-4-11)15(21)22/h3-6,18H,1-2,7-10H2,(H,16,19)(H,17,20)(H,21,22). The van der Waals surface area contributed by atoms with Crippen LogP contribution < -0.4 is 10.6 Å². The molecule has 0 aliphatic heterocycles. The maximum atomic E-state index is 11.8. The predicted octanol–water partition coefficient (Wildman–Crippen LogP) is 0.393. The molecule has 0 fully saturated rings. The lowest BCUT2D eigenvalue weighted by atomic mass is 10.1. The summed E-state index contributed by atoms with van der Waals surface area (Å²) >= 11 is 0. The Morgan fingerprint density at radius 1 is 0.909 bits per heavy atom. The lowest BCUT2D eigenvalue weighted by Crippen LogP contribution is -2.31. The first-order valence-electron chi connectivity index (χ1n) is 7.03. The molecule has 0 saturated carbocycles. The van der Waals surface area contributed by atoms with Crippen molar-refractivity contribution in [3.63, 3.8) is 0 Å². The van der Waals surface area contributed by atoms with E-state index >= 15 is 0 Å². The zero-order valence-electron chi connectivity index (χ0n) is 12.2. The number of carbonyl (C=O) groups excluding carboxylic acids is 2. The minimum atomic E-state index is -1.05. The summed E-state index contributed by atoms with van der Waals surface area (Å²) in [5, 5.41) is 22.6. The summed E-state index contributed by atoms with van der Waals surface area (Å²) in [6, 6.07) is 5.55. The van der Waals surface area contributed by atoms with Gasteiger partial charge in [-0.15, -0.1) is 0 Å². The molecule has 0 aliphatic carbocycles. The molecule has 7 nitrogen and oxygen atoms in total. The second-order valence-electron chi connectivity index (χ2n) is 4.67. The first-order chi connectivity index (χ1) is 10.5. The number of amides is 2. The minimum Gasteiger partial charge on any atom is -0.478 e. The summed E-state index contributed by atoms with van der Waals surface area (Å²) in [5.74, 6) is -1.57. The molecule has 0 saturated heterocycles. The van der Waals surface area contributed by atoms with Gasteiger partial charge in [0, 0.05) is 31.7 Å². The van der Waals surface area contributed by atoms with Gasteiger partial charge in [-0.1, -0.05) is 0 Å². The number of carbonyl (C=O) groups is 3. The van der Waals surface area contributed by atoms with E-state index < -0.39 is 5.97 Å². The quantitative estimate of drug-likeness (QED) is 0.493. The zero-order valence-corrected chi connectivity index (χ0v) is 12.2. The van der Waals surface area contributed by atoms with Gasteiger partial charge in [-0.2, -0.15) is 0 Å². The Labute approximate surface area is 128 Å². The Bertz CT molecular complexity index is 513. The number of hydrogen-bond donors (Lipinski definition) is 4. The number of hydrogen-bond acceptors (Lipinski definition) is 4. The highest BCUT2D eigenvalue weighted by Gasteiger charge is 2.08. The van der Waals surface area contributed by atoms with Crippen molar-refractivity contribution in [3.8, 4) is 0 Å². The molecule has 0 atom stereocenters. The van der Waals surface area contributed by atoms with Crippen LogP contribution in [0.15, 0.2) is 24.3 Å². The summed E-state index contributed by atoms with van der Waals surface area (Å²) in [6.45, 7) is 0.807. The number of nitrogens with one attached hydrogen (secondary N) is 2. The number of aromatic carboxylic acids is 1. The van der Waals surface area contributed by atoms with Crippen LogP contribution in [0.25, 0.3) is 0 Å². The highest BCUT2D eigenvalue weighted by atomic mass is 16.4. The molecule has 0 aliphatic rings. The summed E-state index contributed by atoms with van der Waals surface area (Å²) in [4.78, 5) is 33.9. The highest BCUT2D eigenvalue weighted by Crippen LogP contribution is 2.04. The summed E-state index contributed by atoms with van der Waals surface area (Å²) in [6.07, 6.45) is 1.52. The molecule has 1 aromatic carbocycles. The molecule has 0 bridgehead atoms. The number of unbranched alkanes of at least 4 members (excludes halogenated alkanes) is 1. The summed E-state index contributed by atoms with van der Waals surface area (Å²) < 4.78 is 0. The second kappa shape index (κ2) is 9.51. The molecule has 2 amide bonds. The van der Waals surface area contributed by atoms with Gasteiger partial charge >= 0.3 is 5.97 Å². The van der Waals surface area contributed by atoms with Crippen molar-refractivity contribution >= 4 is 17.8 Å². The van der Waals surface area contributed by atoms with Gasteiger partial charge in [0.2, 0.25) is 5.91 Å². The Morgan fingerprint density at radius 3 is 2.14 bits per heavy atom. The van der Waals surface area contributed by atoms with Gasteiger partial charge in [0.25, 0.3) is 5.91 Å². The van der Waals surface area contributed by atoms with Crippen molar-refractivity contribution in [3.05, 3.63) is 35.4 Å². The molecular weight excluding hydrogens is 288 g/mol. The van der Waals surface area contributed by atoms with E-state index in [1.165, 1.54) is 24.3 Å². The van der Waals surface area contributed by atoms with Crippen LogP contribution in [0, 0.1) is 0 Å². The van der Waals surface area contributed by atoms with Crippen molar-refractivity contribution in [2.75, 3.05) is 19.7 Å². The van der Waals surface area contributed by atoms with Crippen molar-refractivity contribution in [2.45, 2.75) is 19.3 Å². The van der Waals surface area contributed by atoms with Crippen LogP contribution in [0.2, 0.25) is 0 Å². The number of rotatable bonds is 9. The molecule has 1 aromatic rings. The summed E-state index contributed by atoms with van der Waals surface area (Å²) in [5.41, 5.74) is 0.451. The minimum absolute atomic E-state index is 0.104. The van der Waals surface area contributed by atoms with E-state index in [0.717, 1.165) is 0 Å². The first-order valence-corrected chi connectivity index (χ1v) is 7.03. The van der Waals surface area contributed by atoms with Crippen molar-refractivity contribution in [1.29, 1.82) is 0 Å². The van der Waals surface area contributed by atoms with Gasteiger partial charge in [0.05, 0.1) is 5.56 Å². The van der Waals surface area contributed by atoms with E-state index in [1.54, 1.807) is 0 Å². The van der Waals surface area contributed by atoms with E-state index in [4.69, 9.17) is 10.2 Å². The van der Waals surface area contributed by atoms with Gasteiger partial charge in [-0.05, 0) is 37.1 Å². The maximum Gasteiger partial charge on any atom is 0.335 e. The molecule has 4 N–H and O–H groups in total. The van der Waals surface area contributed by atoms with Crippen LogP contribution >= 0.6 is 0 Å². The fourth-order valence-corrected chi connectivity index (χ4v) is 1.71. The van der Waals surface area contributed by atoms with Crippen LogP contribution in [0.4, 0.5) is 0 Å². The van der Waals surface area contributed by atoms with Crippen LogP contribution in [-0.4, -0.2) is 47.7 Å². The lowest BCUT2D eigenvalue weighted by molar-refractivity contribution is -0.120. The third-order valence-corrected chi connectivity index (χ3v) is 2.94. The van der Waals surface area contributed by atoms with Crippen LogP contribution in [0.3, 0.4) is 0 Å². The largest absolute Gasteiger partial charge is 0.478 e. The maximum absolute atomic E-state index is 11.8. The monoisotopic (exact) mass is 308 g/mol. The molecule has 0 heterocycles. The number of carboxylic acids is 1. The normalized spacial score (nSPS) is 10.0. The third kappa shape index (κ3) is 6.36. The zero-order chi connectivity index (χ0) is 16.4. The average molecular weight is 308 g/mol. The van der Waals surface area contributed by atoms with E-state index in [9.17, 15) is 14.4 Å². The number of carboxylic acid groups (broad SMARTS) is 1. The van der Waals surface area contributed by atoms with Gasteiger partial charge in [-0.25, -0.2) is 4.79 Å². The Balaban J connectivity index is 2.28. The SMILES string of the molecule is O=C(CCNC(=O)c1ccc(C(=O)O)cc1)NCCCCO. The van der Waals surface area contributed by atoms with E-state index in [-0.39, 0.29) is 37.0 Å². The van der Waals surface area contributed by atoms with Gasteiger partial charge < -0.3 is 20.8 Å². The van der Waals surface area contributed by atoms with Crippen molar-refractivity contribution in [2.24, 2.45) is 0 Å². The van der Waals surface area contributed by atoms with Crippen LogP contribution in [0.1, 0.15) is 40.0 Å². The van der Waals surface area contributed by atoms with Gasteiger partial charge in [-0.3, -0.25) is 9.59 Å². The molecular formula is C15H20N2O5. The number of aliphatic hydroxyl groups is 1. The van der Waals surface area contributed by atoms with Gasteiger partial charge in [0.1, 0.15) is 0 Å². The molecule has 1 rings (SSSR count). The average Bonchev–Trinajstić information content (AvgIpc) is 2.51. The molecule has 0 spiro atoms. The van der Waals surface area contributed by atoms with Crippen LogP contribution in [0.5, 0.6) is 0 Å². The fourth-order valence-electron chi connectivity index (χ4n) is 1.71. The predicted molar refractivity (Wildman–Crippen MR) is 79.7 cm³/mol. The molecule has 0 aromatic heterocycles. The van der Waals surface area contributed by atoms with Crippen molar-refractivity contribution < 1.29 is 24.6 Å². The molecule has 22 heavy (non-hydrogen) atoms. The van der Waals surface area contributed by atoms with E-state index in [2.05, 4.69) is 10.6 Å². The lowest BCUT2D eigenvalue weighted by Gasteiger charge is -2.07. The van der Waals surface area contributed by atoms with Crippen molar-refractivity contribution in [1.82, 2.24) is 10.6 Å². The van der Waals surface area contributed by atoms with E-state index in [0.29, 0.717) is 24.9 Å². The number of aliphatic hydroxyl groups excluding tert-OH is 1. The fraction of sp³-hybridized carbons (Fsp3) is 0.400. The molecule has 120 valence electrons. The summed E-state index contributed by atoms with van der Waals surface area (Å²) in [7, 11) is 0. The topological polar surface area (TPSA) is 116 Å². The Hall–Kier alpha value is -2.41. The first kappa shape index (κ1) is 17.6. The van der Waals surface area contributed by atoms with E-state index in [1.807, 2.05) is 0 Å². The van der Waals surface area contributed by atoms with Crippen LogP contribution in [-0.2, 0) is 4.79 Å². The Kier molecular flexibility index (Phi) is 7.63. The van der Waals surface area contributed by atoms with Gasteiger partial charge in [0.15, 0.2) is 0 Å². The Morgan fingerprint density at radius 2 is 1.55 bits per heavy atom. The third-order valence-electron chi connectivity index (χ3n) is 2.94. The molecule has 0 radical (unpaired) electrons.